The quantitative estimate of drug-likeness (QED) is 0.724. The van der Waals surface area contributed by atoms with Gasteiger partial charge in [0.05, 0.1) is 5.69 Å². The first-order valence-corrected chi connectivity index (χ1v) is 6.61. The Balaban J connectivity index is 2.47. The van der Waals surface area contributed by atoms with E-state index in [1.165, 1.54) is 0 Å². The molecule has 0 radical (unpaired) electrons. The Labute approximate surface area is 117 Å². The Morgan fingerprint density at radius 3 is 2.30 bits per heavy atom. The number of phenolic OH excluding ortho intramolecular Hbond substituents is 1. The van der Waals surface area contributed by atoms with Crippen molar-refractivity contribution < 1.29 is 5.11 Å². The lowest BCUT2D eigenvalue weighted by molar-refractivity contribution is 0.476. The Morgan fingerprint density at radius 2 is 1.60 bits per heavy atom. The molecule has 0 saturated carbocycles. The van der Waals surface area contributed by atoms with Crippen molar-refractivity contribution in [2.75, 3.05) is 0 Å². The van der Waals surface area contributed by atoms with E-state index in [1.807, 2.05) is 57.2 Å². The van der Waals surface area contributed by atoms with E-state index in [-0.39, 0.29) is 5.75 Å². The molecule has 3 nitrogen and oxygen atoms in total. The highest BCUT2D eigenvalue weighted by molar-refractivity contribution is 5.98. The van der Waals surface area contributed by atoms with Crippen LogP contribution in [0.1, 0.15) is 17.0 Å². The highest BCUT2D eigenvalue weighted by Gasteiger charge is 2.15. The van der Waals surface area contributed by atoms with Gasteiger partial charge in [-0.2, -0.15) is 0 Å². The molecule has 0 bridgehead atoms. The minimum absolute atomic E-state index is 0.244. The van der Waals surface area contributed by atoms with Gasteiger partial charge in [-0.3, -0.25) is 0 Å². The van der Waals surface area contributed by atoms with Crippen LogP contribution in [0.15, 0.2) is 36.4 Å². The molecule has 0 aliphatic carbocycles. The van der Waals surface area contributed by atoms with E-state index in [9.17, 15) is 5.11 Å². The summed E-state index contributed by atoms with van der Waals surface area (Å²) in [6, 6.07) is 12.0. The number of hydrogen-bond donors (Lipinski definition) is 1. The third-order valence-electron chi connectivity index (χ3n) is 3.49. The molecular formula is C17H16N2O. The first kappa shape index (κ1) is 12.6. The van der Waals surface area contributed by atoms with E-state index in [0.717, 1.165) is 27.8 Å². The van der Waals surface area contributed by atoms with Crippen LogP contribution in [-0.4, -0.2) is 15.1 Å². The molecule has 0 unspecified atom stereocenters. The maximum Gasteiger partial charge on any atom is 0.144 e. The largest absolute Gasteiger partial charge is 0.505 e. The van der Waals surface area contributed by atoms with Gasteiger partial charge >= 0.3 is 0 Å². The van der Waals surface area contributed by atoms with Crippen LogP contribution in [-0.2, 0) is 0 Å². The maximum absolute atomic E-state index is 10.3. The molecule has 0 fully saturated rings. The molecule has 1 aromatic heterocycles. The second-order valence-corrected chi connectivity index (χ2v) is 5.07. The zero-order valence-electron chi connectivity index (χ0n) is 11.8. The Morgan fingerprint density at radius 1 is 0.900 bits per heavy atom. The summed E-state index contributed by atoms with van der Waals surface area (Å²) in [5.41, 5.74) is 4.46. The van der Waals surface area contributed by atoms with E-state index >= 15 is 0 Å². The van der Waals surface area contributed by atoms with E-state index in [2.05, 4.69) is 9.97 Å². The minimum Gasteiger partial charge on any atom is -0.505 e. The molecule has 3 heteroatoms. The van der Waals surface area contributed by atoms with Gasteiger partial charge in [-0.05, 0) is 31.9 Å². The number of aryl methyl sites for hydroxylation is 3. The summed E-state index contributed by atoms with van der Waals surface area (Å²) in [4.78, 5) is 9.00. The van der Waals surface area contributed by atoms with Gasteiger partial charge in [0.2, 0.25) is 0 Å². The van der Waals surface area contributed by atoms with Crippen LogP contribution >= 0.6 is 0 Å². The Bertz CT molecular complexity index is 795. The number of aromatic hydroxyl groups is 1. The summed E-state index contributed by atoms with van der Waals surface area (Å²) in [5.74, 6) is 0.907. The van der Waals surface area contributed by atoms with Gasteiger partial charge in [0, 0.05) is 10.9 Å². The van der Waals surface area contributed by atoms with E-state index in [1.54, 1.807) is 0 Å². The monoisotopic (exact) mass is 264 g/mol. The van der Waals surface area contributed by atoms with Crippen molar-refractivity contribution in [3.63, 3.8) is 0 Å². The second-order valence-electron chi connectivity index (χ2n) is 5.07. The van der Waals surface area contributed by atoms with Crippen LogP contribution < -0.4 is 0 Å². The van der Waals surface area contributed by atoms with Crippen LogP contribution in [0.5, 0.6) is 5.75 Å². The predicted octanol–water partition coefficient (Wildman–Crippen LogP) is 3.93. The summed E-state index contributed by atoms with van der Waals surface area (Å²) < 4.78 is 0. The lowest BCUT2D eigenvalue weighted by atomic mass is 9.99. The number of aromatic nitrogens is 2. The van der Waals surface area contributed by atoms with Crippen LogP contribution in [0, 0.1) is 20.8 Å². The van der Waals surface area contributed by atoms with Crippen molar-refractivity contribution in [2.45, 2.75) is 20.8 Å². The first-order valence-electron chi connectivity index (χ1n) is 6.61. The zero-order valence-corrected chi connectivity index (χ0v) is 11.8. The SMILES string of the molecule is Cc1nc(-c2ccccc2)c2c(C)cc(C)c(O)c2n1. The number of rotatable bonds is 1. The summed E-state index contributed by atoms with van der Waals surface area (Å²) in [6.45, 7) is 5.77. The fourth-order valence-electron chi connectivity index (χ4n) is 2.57. The van der Waals surface area contributed by atoms with Gasteiger partial charge in [0.1, 0.15) is 17.1 Å². The smallest absolute Gasteiger partial charge is 0.144 e. The normalized spacial score (nSPS) is 10.9. The summed E-state index contributed by atoms with van der Waals surface area (Å²) in [6.07, 6.45) is 0. The Hall–Kier alpha value is -2.42. The first-order chi connectivity index (χ1) is 9.58. The minimum atomic E-state index is 0.244. The third-order valence-corrected chi connectivity index (χ3v) is 3.49. The molecule has 0 saturated heterocycles. The topological polar surface area (TPSA) is 46.0 Å². The average molecular weight is 264 g/mol. The summed E-state index contributed by atoms with van der Waals surface area (Å²) >= 11 is 0. The van der Waals surface area contributed by atoms with Crippen molar-refractivity contribution in [3.8, 4) is 17.0 Å². The number of hydrogen-bond acceptors (Lipinski definition) is 3. The second kappa shape index (κ2) is 4.60. The molecule has 100 valence electrons. The molecule has 3 rings (SSSR count). The highest BCUT2D eigenvalue weighted by atomic mass is 16.3. The van der Waals surface area contributed by atoms with Gasteiger partial charge in [-0.25, -0.2) is 9.97 Å². The van der Waals surface area contributed by atoms with Crippen molar-refractivity contribution in [2.24, 2.45) is 0 Å². The molecular weight excluding hydrogens is 248 g/mol. The molecule has 3 aromatic rings. The van der Waals surface area contributed by atoms with Crippen LogP contribution in [0.4, 0.5) is 0 Å². The number of benzene rings is 2. The molecule has 0 spiro atoms. The predicted molar refractivity (Wildman–Crippen MR) is 80.8 cm³/mol. The van der Waals surface area contributed by atoms with Gasteiger partial charge in [-0.15, -0.1) is 0 Å². The molecule has 2 aromatic carbocycles. The molecule has 0 atom stereocenters. The van der Waals surface area contributed by atoms with Gasteiger partial charge < -0.3 is 5.11 Å². The molecule has 1 N–H and O–H groups in total. The van der Waals surface area contributed by atoms with Gasteiger partial charge in [0.25, 0.3) is 0 Å². The maximum atomic E-state index is 10.3. The fraction of sp³-hybridized carbons (Fsp3) is 0.176. The number of phenols is 1. The van der Waals surface area contributed by atoms with Crippen molar-refractivity contribution >= 4 is 10.9 Å². The lowest BCUT2D eigenvalue weighted by Gasteiger charge is -2.12. The summed E-state index contributed by atoms with van der Waals surface area (Å²) in [5, 5.41) is 11.2. The number of nitrogens with zero attached hydrogens (tertiary/aromatic N) is 2. The fourth-order valence-corrected chi connectivity index (χ4v) is 2.57. The van der Waals surface area contributed by atoms with Crippen LogP contribution in [0.25, 0.3) is 22.2 Å². The zero-order chi connectivity index (χ0) is 14.3. The van der Waals surface area contributed by atoms with Crippen molar-refractivity contribution in [3.05, 3.63) is 53.3 Å². The van der Waals surface area contributed by atoms with E-state index in [0.29, 0.717) is 11.3 Å². The highest BCUT2D eigenvalue weighted by Crippen LogP contribution is 2.35. The third kappa shape index (κ3) is 1.92. The van der Waals surface area contributed by atoms with Crippen LogP contribution in [0.3, 0.4) is 0 Å². The molecule has 0 aliphatic heterocycles. The molecule has 0 aliphatic rings. The summed E-state index contributed by atoms with van der Waals surface area (Å²) in [7, 11) is 0. The average Bonchev–Trinajstić information content (AvgIpc) is 2.45. The molecule has 20 heavy (non-hydrogen) atoms. The van der Waals surface area contributed by atoms with Gasteiger partial charge in [0.15, 0.2) is 0 Å². The Kier molecular flexibility index (Phi) is 2.90. The van der Waals surface area contributed by atoms with Gasteiger partial charge in [-0.1, -0.05) is 36.4 Å². The van der Waals surface area contributed by atoms with Crippen molar-refractivity contribution in [1.82, 2.24) is 9.97 Å². The number of fused-ring (bicyclic) bond motifs is 1. The lowest BCUT2D eigenvalue weighted by Crippen LogP contribution is -1.97. The van der Waals surface area contributed by atoms with E-state index < -0.39 is 0 Å². The van der Waals surface area contributed by atoms with Crippen LogP contribution in [0.2, 0.25) is 0 Å². The molecule has 0 amide bonds. The molecule has 1 heterocycles. The van der Waals surface area contributed by atoms with Crippen molar-refractivity contribution in [1.29, 1.82) is 0 Å². The van der Waals surface area contributed by atoms with E-state index in [4.69, 9.17) is 0 Å². The standard InChI is InChI=1S/C17H16N2O/c1-10-9-11(2)17(20)16-14(10)15(18-12(3)19-16)13-7-5-4-6-8-13/h4-9,20H,1-3H3.